The fraction of sp³-hybridized carbons (Fsp3) is 1.00. The molecule has 0 aliphatic heterocycles. The Bertz CT molecular complexity index is 167. The minimum Gasteiger partial charge on any atom is -0.232 e. The number of hydrogen-bond donors (Lipinski definition) is 0. The molecule has 0 N–H and O–H groups in total. The molecule has 0 heterocycles. The monoisotopic (exact) mass is 159 g/mol. The van der Waals surface area contributed by atoms with Crippen LogP contribution in [0.2, 0.25) is 0 Å². The van der Waals surface area contributed by atoms with Crippen molar-refractivity contribution in [2.45, 2.75) is 6.92 Å². The average Bonchev–Trinajstić information content (AvgIpc) is 1.86. The van der Waals surface area contributed by atoms with E-state index < -0.39 is 20.6 Å². The maximum atomic E-state index is 11.9. The minimum atomic E-state index is -4.25. The van der Waals surface area contributed by atoms with Crippen molar-refractivity contribution in [1.29, 1.82) is 0 Å². The van der Waals surface area contributed by atoms with Gasteiger partial charge < -0.3 is 0 Å². The maximum absolute atomic E-state index is 11.9. The van der Waals surface area contributed by atoms with Gasteiger partial charge in [-0.15, -0.1) is 4.48 Å². The fourth-order valence-corrected chi connectivity index (χ4v) is 0.749. The number of halogens is 2. The summed E-state index contributed by atoms with van der Waals surface area (Å²) in [6.45, 7) is 0.916. The van der Waals surface area contributed by atoms with Gasteiger partial charge in [-0.05, 0) is 11.5 Å². The average molecular weight is 159 g/mol. The molecule has 0 aromatic carbocycles. The first kappa shape index (κ1) is 8.77. The lowest BCUT2D eigenvalue weighted by molar-refractivity contribution is 0.145. The summed E-state index contributed by atoms with van der Waals surface area (Å²) in [5.41, 5.74) is 0. The van der Waals surface area contributed by atoms with Crippen molar-refractivity contribution < 1.29 is 17.3 Å². The molecule has 0 spiro atoms. The van der Waals surface area contributed by atoms with Crippen molar-refractivity contribution in [3.8, 4) is 0 Å². The van der Waals surface area contributed by atoms with E-state index in [1.54, 1.807) is 0 Å². The van der Waals surface area contributed by atoms with Crippen LogP contribution in [0, 0.1) is 0 Å². The predicted molar refractivity (Wildman–Crippen MR) is 28.4 cm³/mol. The Kier molecular flexibility index (Phi) is 2.99. The second-order valence-corrected chi connectivity index (χ2v) is 3.10. The molecule has 0 aromatic rings. The second kappa shape index (κ2) is 3.07. The van der Waals surface area contributed by atoms with E-state index in [-0.39, 0.29) is 6.54 Å². The Balaban J connectivity index is 4.17. The number of nitrogens with zero attached hydrogens (tertiary/aromatic N) is 1. The van der Waals surface area contributed by atoms with Crippen molar-refractivity contribution in [1.82, 2.24) is 4.53 Å². The van der Waals surface area contributed by atoms with Crippen LogP contribution in [0.15, 0.2) is 0 Å². The molecule has 3 nitrogen and oxygen atoms in total. The molecule has 0 fully saturated rings. The highest BCUT2D eigenvalue weighted by molar-refractivity contribution is 7.88. The zero-order valence-electron chi connectivity index (χ0n) is 4.84. The van der Waals surface area contributed by atoms with Gasteiger partial charge in [0.15, 0.2) is 0 Å². The zero-order chi connectivity index (χ0) is 7.49. The molecule has 0 aromatic heterocycles. The number of hydrogen-bond acceptors (Lipinski definition) is 2. The number of sulfonamides is 1. The molecule has 0 amide bonds. The Morgan fingerprint density at radius 2 is 2.00 bits per heavy atom. The summed E-state index contributed by atoms with van der Waals surface area (Å²) < 4.78 is 42.9. The van der Waals surface area contributed by atoms with E-state index in [1.807, 2.05) is 0 Å². The Hall–Kier alpha value is -0.230. The van der Waals surface area contributed by atoms with Gasteiger partial charge in [-0.25, -0.2) is 12.8 Å². The van der Waals surface area contributed by atoms with E-state index in [2.05, 4.69) is 0 Å². The second-order valence-electron chi connectivity index (χ2n) is 1.32. The molecule has 0 atom stereocenters. The Morgan fingerprint density at radius 1 is 1.56 bits per heavy atom. The van der Waals surface area contributed by atoms with E-state index in [9.17, 15) is 17.3 Å². The van der Waals surface area contributed by atoms with Crippen molar-refractivity contribution in [3.63, 3.8) is 0 Å². The van der Waals surface area contributed by atoms with Gasteiger partial charge in [-0.3, -0.25) is 0 Å². The van der Waals surface area contributed by atoms with Crippen molar-refractivity contribution in [2.24, 2.45) is 0 Å². The fourth-order valence-electron chi connectivity index (χ4n) is 0.250. The smallest absolute Gasteiger partial charge is 0.232 e. The lowest BCUT2D eigenvalue weighted by atomic mass is 10.8. The summed E-state index contributed by atoms with van der Waals surface area (Å²) >= 11 is 0. The first-order valence-corrected chi connectivity index (χ1v) is 3.87. The molecular formula is C3H7F2NO2S. The summed E-state index contributed by atoms with van der Waals surface area (Å²) in [6.07, 6.45) is 0. The molecule has 0 radical (unpaired) electrons. The van der Waals surface area contributed by atoms with Gasteiger partial charge in [-0.1, -0.05) is 0 Å². The van der Waals surface area contributed by atoms with E-state index in [0.717, 1.165) is 0 Å². The molecule has 0 aliphatic rings. The van der Waals surface area contributed by atoms with Crippen LogP contribution >= 0.6 is 0 Å². The van der Waals surface area contributed by atoms with Crippen LogP contribution < -0.4 is 0 Å². The van der Waals surface area contributed by atoms with E-state index in [1.165, 1.54) is 6.92 Å². The number of alkyl halides is 1. The molecule has 0 saturated carbocycles. The Morgan fingerprint density at radius 3 is 2.11 bits per heavy atom. The van der Waals surface area contributed by atoms with Gasteiger partial charge in [-0.2, -0.15) is 0 Å². The predicted octanol–water partition coefficient (Wildman–Crippen LogP) is 0.450. The standard InChI is InChI=1S/C3H7F2NO2S/c1-2-6(5)9(7,8)3-4/h2-3H2,1H3. The van der Waals surface area contributed by atoms with Crippen molar-refractivity contribution in [3.05, 3.63) is 0 Å². The van der Waals surface area contributed by atoms with Crippen LogP contribution in [0.4, 0.5) is 8.87 Å². The van der Waals surface area contributed by atoms with Crippen LogP contribution in [-0.2, 0) is 10.0 Å². The molecule has 0 saturated heterocycles. The molecule has 0 bridgehead atoms. The topological polar surface area (TPSA) is 37.4 Å². The van der Waals surface area contributed by atoms with Crippen molar-refractivity contribution >= 4 is 10.0 Å². The van der Waals surface area contributed by atoms with Crippen LogP contribution in [0.5, 0.6) is 0 Å². The summed E-state index contributed by atoms with van der Waals surface area (Å²) in [5, 5.41) is 0. The van der Waals surface area contributed by atoms with Crippen LogP contribution in [0.25, 0.3) is 0 Å². The molecule has 0 aliphatic carbocycles. The minimum absolute atomic E-state index is 0.355. The highest BCUT2D eigenvalue weighted by Gasteiger charge is 2.18. The summed E-state index contributed by atoms with van der Waals surface area (Å²) in [4.78, 5) is 0. The highest BCUT2D eigenvalue weighted by atomic mass is 32.2. The van der Waals surface area contributed by atoms with Crippen LogP contribution in [0.3, 0.4) is 0 Å². The quantitative estimate of drug-likeness (QED) is 0.560. The molecule has 0 rings (SSSR count). The summed E-state index contributed by atoms with van der Waals surface area (Å²) in [7, 11) is -4.25. The first-order valence-electron chi connectivity index (χ1n) is 2.26. The summed E-state index contributed by atoms with van der Waals surface area (Å²) in [6, 6.07) is -1.68. The summed E-state index contributed by atoms with van der Waals surface area (Å²) in [5.74, 6) is 0. The highest BCUT2D eigenvalue weighted by Crippen LogP contribution is 2.00. The lowest BCUT2D eigenvalue weighted by Crippen LogP contribution is -2.23. The van der Waals surface area contributed by atoms with Gasteiger partial charge in [0.25, 0.3) is 10.0 Å². The number of rotatable bonds is 3. The van der Waals surface area contributed by atoms with Crippen LogP contribution in [-0.4, -0.2) is 25.5 Å². The van der Waals surface area contributed by atoms with Gasteiger partial charge in [0.2, 0.25) is 6.01 Å². The zero-order valence-corrected chi connectivity index (χ0v) is 5.66. The van der Waals surface area contributed by atoms with Gasteiger partial charge in [0, 0.05) is 6.54 Å². The molecule has 56 valence electrons. The first-order chi connectivity index (χ1) is 4.04. The van der Waals surface area contributed by atoms with E-state index in [4.69, 9.17) is 0 Å². The molecule has 6 heteroatoms. The maximum Gasteiger partial charge on any atom is 0.269 e. The third-order valence-corrected chi connectivity index (χ3v) is 1.83. The lowest BCUT2D eigenvalue weighted by Gasteiger charge is -2.04. The van der Waals surface area contributed by atoms with Crippen molar-refractivity contribution in [2.75, 3.05) is 12.6 Å². The molecule has 0 unspecified atom stereocenters. The normalized spacial score (nSPS) is 12.4. The largest absolute Gasteiger partial charge is 0.269 e. The van der Waals surface area contributed by atoms with Gasteiger partial charge in [0.1, 0.15) is 0 Å². The van der Waals surface area contributed by atoms with Gasteiger partial charge >= 0.3 is 0 Å². The SMILES string of the molecule is CCN(F)S(=O)(=O)CF. The Labute approximate surface area is 52.3 Å². The third kappa shape index (κ3) is 2.23. The van der Waals surface area contributed by atoms with Gasteiger partial charge in [0.05, 0.1) is 0 Å². The molecule has 9 heavy (non-hydrogen) atoms. The van der Waals surface area contributed by atoms with Crippen LogP contribution in [0.1, 0.15) is 6.92 Å². The third-order valence-electron chi connectivity index (χ3n) is 0.688. The molecular weight excluding hydrogens is 152 g/mol. The van der Waals surface area contributed by atoms with E-state index in [0.29, 0.717) is 0 Å². The van der Waals surface area contributed by atoms with E-state index >= 15 is 0 Å².